The Labute approximate surface area is 107 Å². The van der Waals surface area contributed by atoms with E-state index in [0.29, 0.717) is 16.4 Å². The van der Waals surface area contributed by atoms with E-state index in [-0.39, 0.29) is 5.92 Å². The number of hydrogen-bond donors (Lipinski definition) is 0. The minimum Gasteiger partial charge on any atom is -0.444 e. The molecule has 16 heavy (non-hydrogen) atoms. The summed E-state index contributed by atoms with van der Waals surface area (Å²) in [5.74, 6) is 0.575. The average Bonchev–Trinajstić information content (AvgIpc) is 2.56. The minimum absolute atomic E-state index is 0.223. The molecule has 82 valence electrons. The van der Waals surface area contributed by atoms with E-state index >= 15 is 0 Å². The molecule has 1 aromatic heterocycles. The number of hydrogen-bond acceptors (Lipinski definition) is 2. The molecule has 2 nitrogen and oxygen atoms in total. The zero-order chi connectivity index (χ0) is 11.9. The number of nitriles is 1. The fourth-order valence-corrected chi connectivity index (χ4v) is 2.65. The highest BCUT2D eigenvalue weighted by atomic mass is 79.9. The first-order chi connectivity index (χ1) is 7.54. The zero-order valence-corrected chi connectivity index (χ0v) is 11.2. The lowest BCUT2D eigenvalue weighted by Gasteiger charge is -2.02. The van der Waals surface area contributed by atoms with Gasteiger partial charge in [-0.2, -0.15) is 5.26 Å². The Morgan fingerprint density at radius 2 is 2.12 bits per heavy atom. The molecular weight excluding hydrogens is 289 g/mol. The largest absolute Gasteiger partial charge is 0.444 e. The summed E-state index contributed by atoms with van der Waals surface area (Å²) in [4.78, 5) is 0. The molecule has 1 aromatic carbocycles. The summed E-state index contributed by atoms with van der Waals surface area (Å²) >= 11 is 9.46. The average molecular weight is 299 g/mol. The molecule has 0 fully saturated rings. The number of benzene rings is 1. The van der Waals surface area contributed by atoms with Gasteiger partial charge < -0.3 is 4.42 Å². The van der Waals surface area contributed by atoms with Crippen LogP contribution in [0, 0.1) is 11.3 Å². The van der Waals surface area contributed by atoms with Gasteiger partial charge in [-0.3, -0.25) is 0 Å². The molecule has 0 aliphatic carbocycles. The van der Waals surface area contributed by atoms with E-state index in [2.05, 4.69) is 22.0 Å². The van der Waals surface area contributed by atoms with E-state index in [1.807, 2.05) is 19.9 Å². The van der Waals surface area contributed by atoms with Gasteiger partial charge in [-0.15, -0.1) is 0 Å². The predicted molar refractivity (Wildman–Crippen MR) is 67.7 cm³/mol. The van der Waals surface area contributed by atoms with Crippen molar-refractivity contribution in [1.82, 2.24) is 0 Å². The van der Waals surface area contributed by atoms with Gasteiger partial charge >= 0.3 is 0 Å². The van der Waals surface area contributed by atoms with Gasteiger partial charge in [0.15, 0.2) is 5.58 Å². The van der Waals surface area contributed by atoms with Crippen molar-refractivity contribution in [2.75, 3.05) is 0 Å². The lowest BCUT2D eigenvalue weighted by molar-refractivity contribution is 0.589. The van der Waals surface area contributed by atoms with Gasteiger partial charge in [0.1, 0.15) is 6.07 Å². The van der Waals surface area contributed by atoms with Crippen LogP contribution in [-0.4, -0.2) is 0 Å². The molecular formula is C12H9BrClNO. The summed E-state index contributed by atoms with van der Waals surface area (Å²) in [5.41, 5.74) is 1.51. The summed E-state index contributed by atoms with van der Waals surface area (Å²) in [6.07, 6.45) is 0. The summed E-state index contributed by atoms with van der Waals surface area (Å²) in [6, 6.07) is 5.77. The van der Waals surface area contributed by atoms with Gasteiger partial charge in [-0.1, -0.05) is 41.4 Å². The number of nitrogens with zero attached hydrogens (tertiary/aromatic N) is 1. The van der Waals surface area contributed by atoms with Crippen LogP contribution in [0.5, 0.6) is 0 Å². The van der Waals surface area contributed by atoms with Crippen LogP contribution in [0.25, 0.3) is 11.0 Å². The summed E-state index contributed by atoms with van der Waals surface area (Å²) in [7, 11) is 0. The molecule has 0 bridgehead atoms. The number of rotatable bonds is 1. The van der Waals surface area contributed by atoms with Crippen LogP contribution in [0.1, 0.15) is 31.1 Å². The Morgan fingerprint density at radius 3 is 2.69 bits per heavy atom. The predicted octanol–water partition coefficient (Wildman–Crippen LogP) is 4.84. The van der Waals surface area contributed by atoms with Crippen molar-refractivity contribution in [3.63, 3.8) is 0 Å². The number of furan rings is 1. The van der Waals surface area contributed by atoms with Gasteiger partial charge in [0.25, 0.3) is 0 Å². The molecule has 0 aliphatic rings. The molecule has 0 amide bonds. The van der Waals surface area contributed by atoms with E-state index in [0.717, 1.165) is 15.4 Å². The van der Waals surface area contributed by atoms with Gasteiger partial charge in [0, 0.05) is 15.4 Å². The van der Waals surface area contributed by atoms with Crippen molar-refractivity contribution in [1.29, 1.82) is 5.26 Å². The number of fused-ring (bicyclic) bond motifs is 1. The van der Waals surface area contributed by atoms with E-state index in [1.165, 1.54) is 0 Å². The Hall–Kier alpha value is -0.980. The minimum atomic E-state index is 0.223. The Balaban J connectivity index is 2.91. The molecule has 0 atom stereocenters. The van der Waals surface area contributed by atoms with Crippen molar-refractivity contribution >= 4 is 38.5 Å². The van der Waals surface area contributed by atoms with Crippen LogP contribution in [-0.2, 0) is 0 Å². The normalized spacial score (nSPS) is 11.0. The van der Waals surface area contributed by atoms with Crippen LogP contribution in [0.3, 0.4) is 0 Å². The smallest absolute Gasteiger partial charge is 0.208 e. The lowest BCUT2D eigenvalue weighted by atomic mass is 10.00. The van der Waals surface area contributed by atoms with Crippen molar-refractivity contribution in [3.8, 4) is 6.07 Å². The molecule has 1 heterocycles. The second kappa shape index (κ2) is 4.12. The first-order valence-corrected chi connectivity index (χ1v) is 6.03. The second-order valence-corrected chi connectivity index (χ2v) is 5.20. The van der Waals surface area contributed by atoms with Crippen molar-refractivity contribution in [3.05, 3.63) is 33.0 Å². The van der Waals surface area contributed by atoms with E-state index in [4.69, 9.17) is 21.3 Å². The maximum atomic E-state index is 9.03. The highest BCUT2D eigenvalue weighted by molar-refractivity contribution is 9.10. The van der Waals surface area contributed by atoms with Crippen LogP contribution in [0.2, 0.25) is 5.02 Å². The fraction of sp³-hybridized carbons (Fsp3) is 0.250. The standard InChI is InChI=1S/C12H9BrClNO/c1-6(2)11-8-3-7(13)4-9(14)12(8)16-10(11)5-15/h3-4,6H,1-2H3. The molecule has 0 spiro atoms. The molecule has 0 saturated carbocycles. The molecule has 2 aromatic rings. The van der Waals surface area contributed by atoms with Crippen LogP contribution in [0.4, 0.5) is 0 Å². The maximum Gasteiger partial charge on any atom is 0.208 e. The van der Waals surface area contributed by atoms with Gasteiger partial charge in [0.2, 0.25) is 5.76 Å². The second-order valence-electron chi connectivity index (χ2n) is 3.88. The molecule has 0 radical (unpaired) electrons. The van der Waals surface area contributed by atoms with E-state index in [1.54, 1.807) is 6.07 Å². The molecule has 4 heteroatoms. The van der Waals surface area contributed by atoms with Crippen molar-refractivity contribution < 1.29 is 4.42 Å². The summed E-state index contributed by atoms with van der Waals surface area (Å²) < 4.78 is 6.37. The lowest BCUT2D eigenvalue weighted by Crippen LogP contribution is -1.88. The van der Waals surface area contributed by atoms with Crippen LogP contribution in [0.15, 0.2) is 21.0 Å². The fourth-order valence-electron chi connectivity index (χ4n) is 1.80. The monoisotopic (exact) mass is 297 g/mol. The Bertz CT molecular complexity index is 595. The van der Waals surface area contributed by atoms with Crippen LogP contribution >= 0.6 is 27.5 Å². The summed E-state index contributed by atoms with van der Waals surface area (Å²) in [5, 5.41) is 10.5. The van der Waals surface area contributed by atoms with E-state index < -0.39 is 0 Å². The highest BCUT2D eigenvalue weighted by Crippen LogP contribution is 2.37. The molecule has 0 N–H and O–H groups in total. The first kappa shape index (κ1) is 11.5. The van der Waals surface area contributed by atoms with Gasteiger partial charge in [-0.05, 0) is 18.1 Å². The number of halogens is 2. The SMILES string of the molecule is CC(C)c1c(C#N)oc2c(Cl)cc(Br)cc12. The van der Waals surface area contributed by atoms with Crippen molar-refractivity contribution in [2.45, 2.75) is 19.8 Å². The van der Waals surface area contributed by atoms with Gasteiger partial charge in [-0.25, -0.2) is 0 Å². The quantitative estimate of drug-likeness (QED) is 0.755. The Kier molecular flexibility index (Phi) is 2.96. The molecule has 0 saturated heterocycles. The third kappa shape index (κ3) is 1.73. The third-order valence-electron chi connectivity index (χ3n) is 2.43. The highest BCUT2D eigenvalue weighted by Gasteiger charge is 2.19. The zero-order valence-electron chi connectivity index (χ0n) is 8.84. The van der Waals surface area contributed by atoms with E-state index in [9.17, 15) is 0 Å². The molecule has 0 unspecified atom stereocenters. The summed E-state index contributed by atoms with van der Waals surface area (Å²) in [6.45, 7) is 4.06. The topological polar surface area (TPSA) is 36.9 Å². The maximum absolute atomic E-state index is 9.03. The van der Waals surface area contributed by atoms with Crippen LogP contribution < -0.4 is 0 Å². The molecule has 0 aliphatic heterocycles. The third-order valence-corrected chi connectivity index (χ3v) is 3.16. The van der Waals surface area contributed by atoms with Crippen molar-refractivity contribution in [2.24, 2.45) is 0 Å². The first-order valence-electron chi connectivity index (χ1n) is 4.86. The van der Waals surface area contributed by atoms with Gasteiger partial charge in [0.05, 0.1) is 5.02 Å². The Morgan fingerprint density at radius 1 is 1.44 bits per heavy atom. The molecule has 2 rings (SSSR count).